The van der Waals surface area contributed by atoms with Crippen LogP contribution < -0.4 is 5.73 Å². The number of allylic oxidation sites excluding steroid dienone is 1. The maximum absolute atomic E-state index is 12.8. The predicted molar refractivity (Wildman–Crippen MR) is 114 cm³/mol. The van der Waals surface area contributed by atoms with Crippen LogP contribution in [0.2, 0.25) is 0 Å². The number of nitrogens with two attached hydrogens (primary N) is 1. The fourth-order valence-corrected chi connectivity index (χ4v) is 3.81. The largest absolute Gasteiger partial charge is 0.480 e. The smallest absolute Gasteiger partial charge is 0.326 e. The van der Waals surface area contributed by atoms with E-state index in [2.05, 4.69) is 0 Å². The third kappa shape index (κ3) is 5.21. The van der Waals surface area contributed by atoms with Crippen LogP contribution in [-0.2, 0) is 20.8 Å². The van der Waals surface area contributed by atoms with Crippen molar-refractivity contribution in [3.05, 3.63) is 83.6 Å². The minimum Gasteiger partial charge on any atom is -0.480 e. The van der Waals surface area contributed by atoms with Crippen molar-refractivity contribution in [1.82, 2.24) is 4.90 Å². The molecule has 3 rings (SSSR count). The zero-order chi connectivity index (χ0) is 21.5. The summed E-state index contributed by atoms with van der Waals surface area (Å²) in [5.74, 6) is -1.69. The summed E-state index contributed by atoms with van der Waals surface area (Å²) < 4.78 is 0. The second-order valence-electron chi connectivity index (χ2n) is 7.48. The lowest BCUT2D eigenvalue weighted by Crippen LogP contribution is -2.43. The molecule has 1 aliphatic carbocycles. The molecule has 6 nitrogen and oxygen atoms in total. The highest BCUT2D eigenvalue weighted by Gasteiger charge is 2.33. The average Bonchev–Trinajstić information content (AvgIpc) is 2.75. The number of rotatable bonds is 8. The molecule has 0 unspecified atom stereocenters. The SMILES string of the molecule is NCCN(C=C1C(=O)CC(c2ccccc2)CC1=O)[C@@H](Cc1ccccc1)C(=O)O. The summed E-state index contributed by atoms with van der Waals surface area (Å²) in [5.41, 5.74) is 7.58. The zero-order valence-corrected chi connectivity index (χ0v) is 16.7. The van der Waals surface area contributed by atoms with Crippen molar-refractivity contribution in [2.24, 2.45) is 5.73 Å². The van der Waals surface area contributed by atoms with Gasteiger partial charge in [-0.25, -0.2) is 4.79 Å². The number of benzene rings is 2. The van der Waals surface area contributed by atoms with E-state index in [0.717, 1.165) is 11.1 Å². The van der Waals surface area contributed by atoms with Gasteiger partial charge in [-0.05, 0) is 17.0 Å². The number of hydrogen-bond acceptors (Lipinski definition) is 5. The molecule has 0 spiro atoms. The minimum absolute atomic E-state index is 0.0648. The molecule has 156 valence electrons. The lowest BCUT2D eigenvalue weighted by Gasteiger charge is -2.30. The highest BCUT2D eigenvalue weighted by molar-refractivity contribution is 6.22. The first kappa shape index (κ1) is 21.5. The summed E-state index contributed by atoms with van der Waals surface area (Å²) in [5, 5.41) is 9.80. The number of hydrogen-bond donors (Lipinski definition) is 2. The predicted octanol–water partition coefficient (Wildman–Crippen LogP) is 2.54. The fourth-order valence-electron chi connectivity index (χ4n) is 3.81. The molecule has 1 aliphatic rings. The summed E-state index contributed by atoms with van der Waals surface area (Å²) in [6.45, 7) is 0.438. The van der Waals surface area contributed by atoms with E-state index in [9.17, 15) is 19.5 Å². The van der Waals surface area contributed by atoms with Gasteiger partial charge in [0.2, 0.25) is 0 Å². The average molecular weight is 406 g/mol. The van der Waals surface area contributed by atoms with Gasteiger partial charge >= 0.3 is 5.97 Å². The van der Waals surface area contributed by atoms with Crippen molar-refractivity contribution in [1.29, 1.82) is 0 Å². The normalized spacial score (nSPS) is 17.5. The Kier molecular flexibility index (Phi) is 7.14. The minimum atomic E-state index is -1.03. The van der Waals surface area contributed by atoms with Gasteiger partial charge in [0.1, 0.15) is 6.04 Å². The molecule has 0 saturated heterocycles. The number of carbonyl (C=O) groups excluding carboxylic acids is 2. The van der Waals surface area contributed by atoms with E-state index in [1.54, 1.807) is 0 Å². The van der Waals surface area contributed by atoms with Crippen molar-refractivity contribution in [2.45, 2.75) is 31.2 Å². The van der Waals surface area contributed by atoms with Crippen LogP contribution in [0.15, 0.2) is 72.4 Å². The molecule has 2 aromatic carbocycles. The van der Waals surface area contributed by atoms with Crippen LogP contribution in [0, 0.1) is 0 Å². The highest BCUT2D eigenvalue weighted by Crippen LogP contribution is 2.31. The lowest BCUT2D eigenvalue weighted by molar-refractivity contribution is -0.142. The molecule has 0 aromatic heterocycles. The molecule has 3 N–H and O–H groups in total. The number of carbonyl (C=O) groups is 3. The summed E-state index contributed by atoms with van der Waals surface area (Å²) in [4.78, 5) is 39.1. The van der Waals surface area contributed by atoms with Crippen molar-refractivity contribution in [3.63, 3.8) is 0 Å². The van der Waals surface area contributed by atoms with Crippen LogP contribution >= 0.6 is 0 Å². The standard InChI is InChI=1S/C24H26N2O4/c25-11-12-26(21(24(29)30)13-17-7-3-1-4-8-17)16-20-22(27)14-19(15-23(20)28)18-9-5-2-6-10-18/h1-10,16,19,21H,11-15,25H2,(H,29,30)/t19?,21-/m0/s1. The number of aliphatic carboxylic acids is 1. The molecule has 6 heteroatoms. The molecule has 0 aliphatic heterocycles. The van der Waals surface area contributed by atoms with Crippen molar-refractivity contribution in [2.75, 3.05) is 13.1 Å². The Bertz CT molecular complexity index is 905. The lowest BCUT2D eigenvalue weighted by atomic mass is 9.80. The Balaban J connectivity index is 1.83. The number of carboxylic acids is 1. The quantitative estimate of drug-likeness (QED) is 0.516. The summed E-state index contributed by atoms with van der Waals surface area (Å²) in [6, 6.07) is 17.8. The van der Waals surface area contributed by atoms with E-state index in [4.69, 9.17) is 5.73 Å². The van der Waals surface area contributed by atoms with E-state index < -0.39 is 12.0 Å². The maximum atomic E-state index is 12.8. The molecule has 1 atom stereocenters. The molecule has 0 radical (unpaired) electrons. The van der Waals surface area contributed by atoms with Crippen LogP contribution in [-0.4, -0.2) is 46.7 Å². The topological polar surface area (TPSA) is 101 Å². The number of Topliss-reactive ketones (excluding diaryl/α,β-unsaturated/α-hetero) is 2. The van der Waals surface area contributed by atoms with Crippen molar-refractivity contribution >= 4 is 17.5 Å². The first-order valence-electron chi connectivity index (χ1n) is 10.0. The molecule has 1 fully saturated rings. The van der Waals surface area contributed by atoms with Crippen molar-refractivity contribution < 1.29 is 19.5 Å². The van der Waals surface area contributed by atoms with Crippen molar-refractivity contribution in [3.8, 4) is 0 Å². The van der Waals surface area contributed by atoms with E-state index >= 15 is 0 Å². The van der Waals surface area contributed by atoms with Gasteiger partial charge in [0, 0.05) is 38.6 Å². The summed E-state index contributed by atoms with van der Waals surface area (Å²) in [6.07, 6.45) is 2.12. The molecule has 0 amide bonds. The van der Waals surface area contributed by atoms with Gasteiger partial charge in [0.15, 0.2) is 11.6 Å². The molecule has 1 saturated carbocycles. The Labute approximate surface area is 176 Å². The van der Waals surface area contributed by atoms with Crippen LogP contribution in [0.3, 0.4) is 0 Å². The second-order valence-corrected chi connectivity index (χ2v) is 7.48. The Morgan fingerprint density at radius 1 is 1.03 bits per heavy atom. The van der Waals surface area contributed by atoms with Crippen LogP contribution in [0.1, 0.15) is 29.9 Å². The number of ketones is 2. The van der Waals surface area contributed by atoms with E-state index in [0.29, 0.717) is 0 Å². The monoisotopic (exact) mass is 406 g/mol. The van der Waals surface area contributed by atoms with Gasteiger partial charge in [-0.1, -0.05) is 60.7 Å². The Morgan fingerprint density at radius 2 is 1.60 bits per heavy atom. The van der Waals surface area contributed by atoms with Gasteiger partial charge < -0.3 is 15.7 Å². The second kappa shape index (κ2) is 9.98. The maximum Gasteiger partial charge on any atom is 0.326 e. The Morgan fingerprint density at radius 3 is 2.13 bits per heavy atom. The summed E-state index contributed by atoms with van der Waals surface area (Å²) in [7, 11) is 0. The molecule has 2 aromatic rings. The van der Waals surface area contributed by atoms with Crippen LogP contribution in [0.25, 0.3) is 0 Å². The zero-order valence-electron chi connectivity index (χ0n) is 16.7. The molecule has 30 heavy (non-hydrogen) atoms. The van der Waals surface area contributed by atoms with E-state index in [1.165, 1.54) is 11.1 Å². The van der Waals surface area contributed by atoms with E-state index in [-0.39, 0.29) is 55.4 Å². The molecule has 0 heterocycles. The first-order chi connectivity index (χ1) is 14.5. The molecular formula is C24H26N2O4. The fraction of sp³-hybridized carbons (Fsp3) is 0.292. The van der Waals surface area contributed by atoms with Gasteiger partial charge in [-0.2, -0.15) is 0 Å². The van der Waals surface area contributed by atoms with E-state index in [1.807, 2.05) is 60.7 Å². The molecular weight excluding hydrogens is 380 g/mol. The number of nitrogens with zero attached hydrogens (tertiary/aromatic N) is 1. The third-order valence-corrected chi connectivity index (χ3v) is 5.37. The first-order valence-corrected chi connectivity index (χ1v) is 10.0. The van der Waals surface area contributed by atoms with Gasteiger partial charge in [-0.15, -0.1) is 0 Å². The van der Waals surface area contributed by atoms with Gasteiger partial charge in [0.05, 0.1) is 5.57 Å². The third-order valence-electron chi connectivity index (χ3n) is 5.37. The van der Waals surface area contributed by atoms with Gasteiger partial charge in [0.25, 0.3) is 0 Å². The highest BCUT2D eigenvalue weighted by atomic mass is 16.4. The van der Waals surface area contributed by atoms with Crippen LogP contribution in [0.5, 0.6) is 0 Å². The van der Waals surface area contributed by atoms with Gasteiger partial charge in [-0.3, -0.25) is 9.59 Å². The molecule has 0 bridgehead atoms. The van der Waals surface area contributed by atoms with Crippen LogP contribution in [0.4, 0.5) is 0 Å². The Hall–Kier alpha value is -3.25. The summed E-state index contributed by atoms with van der Waals surface area (Å²) >= 11 is 0. The number of carboxylic acid groups (broad SMARTS) is 1.